The minimum Gasteiger partial charge on any atom is -0.355 e. The van der Waals surface area contributed by atoms with Gasteiger partial charge in [0, 0.05) is 6.54 Å². The standard InChI is InChI=1S/C15H20FNO2/c1-10(2)14(11(3)18)15(19)17-8-7-12-5-4-6-13(16)9-12/h4-6,9-10,14H,7-8H2,1-3H3,(H,17,19). The second kappa shape index (κ2) is 7.02. The van der Waals surface area contributed by atoms with Crippen LogP contribution in [0.15, 0.2) is 24.3 Å². The van der Waals surface area contributed by atoms with Crippen molar-refractivity contribution in [1.82, 2.24) is 5.32 Å². The summed E-state index contributed by atoms with van der Waals surface area (Å²) >= 11 is 0. The zero-order valence-corrected chi connectivity index (χ0v) is 11.6. The topological polar surface area (TPSA) is 46.2 Å². The molecule has 0 spiro atoms. The fourth-order valence-corrected chi connectivity index (χ4v) is 2.09. The van der Waals surface area contributed by atoms with Crippen molar-refractivity contribution in [2.24, 2.45) is 11.8 Å². The number of hydrogen-bond acceptors (Lipinski definition) is 2. The maximum atomic E-state index is 13.0. The molecule has 1 unspecified atom stereocenters. The third kappa shape index (κ3) is 4.81. The minimum atomic E-state index is -0.604. The van der Waals surface area contributed by atoms with Crippen LogP contribution < -0.4 is 5.32 Å². The summed E-state index contributed by atoms with van der Waals surface area (Å²) in [6.07, 6.45) is 0.548. The Balaban J connectivity index is 2.48. The van der Waals surface area contributed by atoms with Gasteiger partial charge in [0.1, 0.15) is 11.6 Å². The molecule has 0 aliphatic heterocycles. The smallest absolute Gasteiger partial charge is 0.230 e. The molecule has 1 aromatic rings. The highest BCUT2D eigenvalue weighted by molar-refractivity contribution is 6.00. The summed E-state index contributed by atoms with van der Waals surface area (Å²) in [7, 11) is 0. The highest BCUT2D eigenvalue weighted by Crippen LogP contribution is 2.12. The van der Waals surface area contributed by atoms with E-state index in [4.69, 9.17) is 0 Å². The van der Waals surface area contributed by atoms with Crippen molar-refractivity contribution in [3.8, 4) is 0 Å². The van der Waals surface area contributed by atoms with Gasteiger partial charge in [-0.1, -0.05) is 26.0 Å². The average Bonchev–Trinajstić information content (AvgIpc) is 2.27. The summed E-state index contributed by atoms with van der Waals surface area (Å²) in [6, 6.07) is 6.27. The van der Waals surface area contributed by atoms with E-state index in [1.165, 1.54) is 19.1 Å². The molecule has 1 aromatic carbocycles. The number of carbonyl (C=O) groups excluding carboxylic acids is 2. The fraction of sp³-hybridized carbons (Fsp3) is 0.467. The molecule has 0 saturated carbocycles. The van der Waals surface area contributed by atoms with Gasteiger partial charge in [-0.05, 0) is 37.0 Å². The summed E-state index contributed by atoms with van der Waals surface area (Å²) in [5.41, 5.74) is 0.823. The molecule has 104 valence electrons. The van der Waals surface area contributed by atoms with Gasteiger partial charge in [-0.15, -0.1) is 0 Å². The first-order chi connectivity index (χ1) is 8.91. The van der Waals surface area contributed by atoms with Crippen LogP contribution >= 0.6 is 0 Å². The van der Waals surface area contributed by atoms with E-state index in [1.807, 2.05) is 13.8 Å². The Morgan fingerprint density at radius 2 is 2.00 bits per heavy atom. The van der Waals surface area contributed by atoms with E-state index >= 15 is 0 Å². The van der Waals surface area contributed by atoms with Crippen molar-refractivity contribution in [3.05, 3.63) is 35.6 Å². The number of amides is 1. The lowest BCUT2D eigenvalue weighted by molar-refractivity contribution is -0.134. The maximum Gasteiger partial charge on any atom is 0.230 e. The Kier molecular flexibility index (Phi) is 5.67. The SMILES string of the molecule is CC(=O)C(C(=O)NCCc1cccc(F)c1)C(C)C. The lowest BCUT2D eigenvalue weighted by Gasteiger charge is -2.17. The van der Waals surface area contributed by atoms with Crippen LogP contribution in [0.2, 0.25) is 0 Å². The highest BCUT2D eigenvalue weighted by Gasteiger charge is 2.26. The van der Waals surface area contributed by atoms with E-state index in [0.717, 1.165) is 5.56 Å². The van der Waals surface area contributed by atoms with Gasteiger partial charge < -0.3 is 5.32 Å². The van der Waals surface area contributed by atoms with Crippen molar-refractivity contribution < 1.29 is 14.0 Å². The van der Waals surface area contributed by atoms with E-state index in [9.17, 15) is 14.0 Å². The van der Waals surface area contributed by atoms with Crippen molar-refractivity contribution in [1.29, 1.82) is 0 Å². The van der Waals surface area contributed by atoms with Gasteiger partial charge in [-0.25, -0.2) is 4.39 Å². The summed E-state index contributed by atoms with van der Waals surface area (Å²) in [5, 5.41) is 2.73. The summed E-state index contributed by atoms with van der Waals surface area (Å²) < 4.78 is 13.0. The Morgan fingerprint density at radius 1 is 1.32 bits per heavy atom. The lowest BCUT2D eigenvalue weighted by Crippen LogP contribution is -2.38. The first-order valence-electron chi connectivity index (χ1n) is 6.44. The number of benzene rings is 1. The lowest BCUT2D eigenvalue weighted by atomic mass is 9.91. The van der Waals surface area contributed by atoms with Crippen LogP contribution in [0.5, 0.6) is 0 Å². The predicted octanol–water partition coefficient (Wildman–Crippen LogP) is 2.35. The Hall–Kier alpha value is -1.71. The van der Waals surface area contributed by atoms with E-state index < -0.39 is 5.92 Å². The Labute approximate surface area is 113 Å². The largest absolute Gasteiger partial charge is 0.355 e. The van der Waals surface area contributed by atoms with Gasteiger partial charge in [0.15, 0.2) is 0 Å². The van der Waals surface area contributed by atoms with Gasteiger partial charge in [0.2, 0.25) is 5.91 Å². The van der Waals surface area contributed by atoms with Crippen molar-refractivity contribution >= 4 is 11.7 Å². The van der Waals surface area contributed by atoms with Crippen LogP contribution in [0.4, 0.5) is 4.39 Å². The van der Waals surface area contributed by atoms with E-state index in [-0.39, 0.29) is 23.4 Å². The molecule has 19 heavy (non-hydrogen) atoms. The molecule has 3 nitrogen and oxygen atoms in total. The fourth-order valence-electron chi connectivity index (χ4n) is 2.09. The number of rotatable bonds is 6. The van der Waals surface area contributed by atoms with Crippen LogP contribution in [0.1, 0.15) is 26.3 Å². The number of Topliss-reactive ketones (excluding diaryl/α,β-unsaturated/α-hetero) is 1. The molecule has 1 atom stereocenters. The van der Waals surface area contributed by atoms with E-state index in [1.54, 1.807) is 12.1 Å². The minimum absolute atomic E-state index is 0.0216. The number of carbonyl (C=O) groups is 2. The first kappa shape index (κ1) is 15.3. The highest BCUT2D eigenvalue weighted by atomic mass is 19.1. The van der Waals surface area contributed by atoms with Gasteiger partial charge >= 0.3 is 0 Å². The zero-order chi connectivity index (χ0) is 14.4. The molecule has 0 saturated heterocycles. The molecule has 0 fully saturated rings. The second-order valence-electron chi connectivity index (χ2n) is 5.00. The molecule has 0 heterocycles. The van der Waals surface area contributed by atoms with Gasteiger partial charge in [-0.3, -0.25) is 9.59 Å². The summed E-state index contributed by atoms with van der Waals surface area (Å²) in [5.74, 6) is -1.29. The molecule has 1 N–H and O–H groups in total. The van der Waals surface area contributed by atoms with Crippen molar-refractivity contribution in [2.75, 3.05) is 6.54 Å². The Bertz CT molecular complexity index is 457. The first-order valence-corrected chi connectivity index (χ1v) is 6.44. The van der Waals surface area contributed by atoms with E-state index in [0.29, 0.717) is 13.0 Å². The Morgan fingerprint density at radius 3 is 2.53 bits per heavy atom. The van der Waals surface area contributed by atoms with Crippen LogP contribution in [0.25, 0.3) is 0 Å². The molecule has 0 bridgehead atoms. The molecule has 0 aliphatic rings. The summed E-state index contributed by atoms with van der Waals surface area (Å²) in [6.45, 7) is 5.52. The molecule has 0 aliphatic carbocycles. The van der Waals surface area contributed by atoms with Gasteiger partial charge in [0.25, 0.3) is 0 Å². The quantitative estimate of drug-likeness (QED) is 0.802. The zero-order valence-electron chi connectivity index (χ0n) is 11.6. The number of hydrogen-bond donors (Lipinski definition) is 1. The molecule has 0 aromatic heterocycles. The monoisotopic (exact) mass is 265 g/mol. The third-order valence-corrected chi connectivity index (χ3v) is 2.99. The van der Waals surface area contributed by atoms with Crippen LogP contribution in [0.3, 0.4) is 0 Å². The van der Waals surface area contributed by atoms with Gasteiger partial charge in [-0.2, -0.15) is 0 Å². The second-order valence-corrected chi connectivity index (χ2v) is 5.00. The predicted molar refractivity (Wildman–Crippen MR) is 72.1 cm³/mol. The molecule has 1 rings (SSSR count). The van der Waals surface area contributed by atoms with Crippen LogP contribution in [-0.4, -0.2) is 18.2 Å². The van der Waals surface area contributed by atoms with Crippen molar-refractivity contribution in [3.63, 3.8) is 0 Å². The molecular weight excluding hydrogens is 245 g/mol. The van der Waals surface area contributed by atoms with Gasteiger partial charge in [0.05, 0.1) is 5.92 Å². The van der Waals surface area contributed by atoms with Crippen molar-refractivity contribution in [2.45, 2.75) is 27.2 Å². The molecule has 0 radical (unpaired) electrons. The normalized spacial score (nSPS) is 12.3. The summed E-state index contributed by atoms with van der Waals surface area (Å²) in [4.78, 5) is 23.3. The van der Waals surface area contributed by atoms with Crippen LogP contribution in [0, 0.1) is 17.7 Å². The molecular formula is C15H20FNO2. The average molecular weight is 265 g/mol. The number of nitrogens with one attached hydrogen (secondary N) is 1. The molecule has 1 amide bonds. The molecule has 4 heteroatoms. The van der Waals surface area contributed by atoms with Crippen LogP contribution in [-0.2, 0) is 16.0 Å². The third-order valence-electron chi connectivity index (χ3n) is 2.99. The van der Waals surface area contributed by atoms with E-state index in [2.05, 4.69) is 5.32 Å². The maximum absolute atomic E-state index is 13.0. The number of halogens is 1. The number of ketones is 1.